The molecule has 0 spiro atoms. The highest BCUT2D eigenvalue weighted by atomic mass is 79.9. The van der Waals surface area contributed by atoms with Crippen molar-refractivity contribution in [2.45, 2.75) is 75.9 Å². The molecule has 10 heteroatoms. The summed E-state index contributed by atoms with van der Waals surface area (Å²) < 4.78 is 17.8. The lowest BCUT2D eigenvalue weighted by Gasteiger charge is -2.36. The molecule has 1 aliphatic heterocycles. The molecule has 7 nitrogen and oxygen atoms in total. The van der Waals surface area contributed by atoms with E-state index in [0.29, 0.717) is 22.4 Å². The number of carbonyl (C=O) groups excluding carboxylic acids is 2. The first kappa shape index (κ1) is 29.7. The first-order chi connectivity index (χ1) is 17.0. The number of benzene rings is 2. The molecule has 0 saturated carbocycles. The average Bonchev–Trinajstić information content (AvgIpc) is 3.02. The maximum absolute atomic E-state index is 13.9. The van der Waals surface area contributed by atoms with Crippen LogP contribution >= 0.6 is 31.9 Å². The van der Waals surface area contributed by atoms with Crippen LogP contribution in [-0.4, -0.2) is 47.8 Å². The van der Waals surface area contributed by atoms with Gasteiger partial charge in [0.15, 0.2) is 0 Å². The first-order valence-electron chi connectivity index (χ1n) is 12.1. The van der Waals surface area contributed by atoms with E-state index in [0.717, 1.165) is 11.0 Å². The molecule has 0 unspecified atom stereocenters. The zero-order valence-electron chi connectivity index (χ0n) is 22.9. The summed E-state index contributed by atoms with van der Waals surface area (Å²) in [6, 6.07) is 10.6. The number of ether oxygens (including phenoxy) is 1. The number of carbonyl (C=O) groups is 2. The van der Waals surface area contributed by atoms with E-state index >= 15 is 0 Å². The second-order valence-electron chi connectivity index (χ2n) is 11.1. The molecule has 1 fully saturated rings. The van der Waals surface area contributed by atoms with Gasteiger partial charge in [0.25, 0.3) is 11.8 Å². The molecule has 0 radical (unpaired) electrons. The first-order valence-corrected chi connectivity index (χ1v) is 13.9. The predicted molar refractivity (Wildman–Crippen MR) is 154 cm³/mol. The zero-order chi connectivity index (χ0) is 27.9. The average molecular weight is 638 g/mol. The quantitative estimate of drug-likeness (QED) is 0.260. The Morgan fingerprint density at radius 3 is 2.16 bits per heavy atom. The summed E-state index contributed by atoms with van der Waals surface area (Å²) >= 11 is 7.16. The highest BCUT2D eigenvalue weighted by Crippen LogP contribution is 2.38. The van der Waals surface area contributed by atoms with Crippen molar-refractivity contribution in [2.75, 3.05) is 7.11 Å². The number of nitrogens with zero attached hydrogens (tertiary/aromatic N) is 1. The van der Waals surface area contributed by atoms with Crippen LogP contribution in [0.2, 0.25) is 0 Å². The minimum atomic E-state index is -0.712. The summed E-state index contributed by atoms with van der Waals surface area (Å²) in [5, 5.41) is 1.36. The molecular weight excluding hydrogens is 603 g/mol. The Kier molecular flexibility index (Phi) is 8.59. The smallest absolute Gasteiger partial charge is 0.495 e. The molecule has 0 aromatic heterocycles. The third kappa shape index (κ3) is 6.08. The summed E-state index contributed by atoms with van der Waals surface area (Å²) in [6.45, 7) is 15.3. The van der Waals surface area contributed by atoms with Gasteiger partial charge in [-0.3, -0.25) is 15.0 Å². The van der Waals surface area contributed by atoms with E-state index < -0.39 is 29.8 Å². The van der Waals surface area contributed by atoms with Gasteiger partial charge in [-0.15, -0.1) is 0 Å². The molecular formula is C27H35BBr2N2O5. The Hall–Kier alpha value is -1.88. The van der Waals surface area contributed by atoms with Gasteiger partial charge in [0.1, 0.15) is 5.75 Å². The maximum Gasteiger partial charge on any atom is 0.495 e. The van der Waals surface area contributed by atoms with Crippen LogP contribution < -0.4 is 15.6 Å². The standard InChI is InChI=1S/C27H35BBr2N2O5/c1-16-18(11-10-12-21(16)35-9)23(33)31-32(25(2,3)4)24(34)17-13-14-19(22(29)30)20(15-17)28-36-26(5,6)27(7,8)37-28/h10-15,22H,1-9H3,(H,31,33). The number of methoxy groups -OCH3 is 1. The van der Waals surface area contributed by atoms with Gasteiger partial charge in [0.2, 0.25) is 0 Å². The van der Waals surface area contributed by atoms with Gasteiger partial charge in [-0.25, -0.2) is 5.01 Å². The van der Waals surface area contributed by atoms with Crippen LogP contribution in [0.1, 0.15) is 84.0 Å². The molecule has 1 aliphatic rings. The summed E-state index contributed by atoms with van der Waals surface area (Å²) in [6.07, 6.45) is 0. The van der Waals surface area contributed by atoms with Crippen molar-refractivity contribution in [3.05, 3.63) is 58.7 Å². The van der Waals surface area contributed by atoms with Crippen LogP contribution in [0.4, 0.5) is 0 Å². The van der Waals surface area contributed by atoms with Crippen molar-refractivity contribution < 1.29 is 23.6 Å². The van der Waals surface area contributed by atoms with E-state index in [1.54, 1.807) is 37.4 Å². The van der Waals surface area contributed by atoms with E-state index in [1.807, 2.05) is 61.5 Å². The van der Waals surface area contributed by atoms with Crippen molar-refractivity contribution in [1.82, 2.24) is 10.4 Å². The lowest BCUT2D eigenvalue weighted by atomic mass is 9.75. The molecule has 2 amide bonds. The van der Waals surface area contributed by atoms with Gasteiger partial charge in [-0.1, -0.05) is 44.0 Å². The molecule has 37 heavy (non-hydrogen) atoms. The Balaban J connectivity index is 1.99. The Morgan fingerprint density at radius 1 is 1.05 bits per heavy atom. The minimum Gasteiger partial charge on any atom is -0.496 e. The topological polar surface area (TPSA) is 77.1 Å². The molecule has 3 rings (SSSR count). The van der Waals surface area contributed by atoms with Crippen LogP contribution in [0.15, 0.2) is 36.4 Å². The van der Waals surface area contributed by atoms with Gasteiger partial charge in [0, 0.05) is 16.7 Å². The molecule has 1 N–H and O–H groups in total. The third-order valence-electron chi connectivity index (χ3n) is 6.91. The van der Waals surface area contributed by atoms with Crippen LogP contribution in [0.5, 0.6) is 5.75 Å². The second-order valence-corrected chi connectivity index (χ2v) is 14.2. The lowest BCUT2D eigenvalue weighted by Crippen LogP contribution is -2.56. The largest absolute Gasteiger partial charge is 0.496 e. The SMILES string of the molecule is COc1cccc(C(=O)NN(C(=O)c2ccc(C(Br)Br)c(B3OC(C)(C)C(C)(C)O3)c2)C(C)(C)C)c1C. The monoisotopic (exact) mass is 636 g/mol. The highest BCUT2D eigenvalue weighted by molar-refractivity contribution is 9.24. The number of hydrogen-bond acceptors (Lipinski definition) is 5. The van der Waals surface area contributed by atoms with E-state index in [1.165, 1.54) is 5.01 Å². The minimum absolute atomic E-state index is 0.173. The fourth-order valence-electron chi connectivity index (χ4n) is 3.98. The van der Waals surface area contributed by atoms with Crippen LogP contribution in [-0.2, 0) is 9.31 Å². The fraction of sp³-hybridized carbons (Fsp3) is 0.481. The zero-order valence-corrected chi connectivity index (χ0v) is 26.0. The second kappa shape index (κ2) is 10.7. The normalized spacial score (nSPS) is 16.6. The van der Waals surface area contributed by atoms with Crippen molar-refractivity contribution in [1.29, 1.82) is 0 Å². The predicted octanol–water partition coefficient (Wildman–Crippen LogP) is 5.68. The number of alkyl halides is 2. The number of hydrazine groups is 1. The van der Waals surface area contributed by atoms with Gasteiger partial charge >= 0.3 is 7.12 Å². The summed E-state index contributed by atoms with van der Waals surface area (Å²) in [5.74, 6) is -0.155. The van der Waals surface area contributed by atoms with E-state index in [2.05, 4.69) is 37.3 Å². The molecule has 2 aromatic carbocycles. The molecule has 0 aliphatic carbocycles. The molecule has 1 saturated heterocycles. The lowest BCUT2D eigenvalue weighted by molar-refractivity contribution is 0.00578. The number of rotatable bonds is 5. The van der Waals surface area contributed by atoms with Crippen molar-refractivity contribution in [3.63, 3.8) is 0 Å². The van der Waals surface area contributed by atoms with Crippen molar-refractivity contribution >= 4 is 56.3 Å². The molecule has 0 atom stereocenters. The van der Waals surface area contributed by atoms with Crippen LogP contribution in [0.3, 0.4) is 0 Å². The Morgan fingerprint density at radius 2 is 1.65 bits per heavy atom. The van der Waals surface area contributed by atoms with Gasteiger partial charge in [0.05, 0.1) is 27.6 Å². The van der Waals surface area contributed by atoms with Crippen LogP contribution in [0, 0.1) is 6.92 Å². The Labute approximate surface area is 237 Å². The van der Waals surface area contributed by atoms with E-state index in [9.17, 15) is 9.59 Å². The Bertz CT molecular complexity index is 1180. The summed E-state index contributed by atoms with van der Waals surface area (Å²) in [7, 11) is 0.892. The van der Waals surface area contributed by atoms with E-state index in [4.69, 9.17) is 14.0 Å². The van der Waals surface area contributed by atoms with Gasteiger partial charge in [-0.2, -0.15) is 0 Å². The molecule has 1 heterocycles. The van der Waals surface area contributed by atoms with Gasteiger partial charge in [-0.05, 0) is 90.7 Å². The molecule has 2 aromatic rings. The maximum atomic E-state index is 13.9. The van der Waals surface area contributed by atoms with Crippen molar-refractivity contribution in [3.8, 4) is 5.75 Å². The third-order valence-corrected chi connectivity index (χ3v) is 7.90. The summed E-state index contributed by atoms with van der Waals surface area (Å²) in [4.78, 5) is 27.1. The highest BCUT2D eigenvalue weighted by Gasteiger charge is 2.52. The number of amides is 2. The summed E-state index contributed by atoms with van der Waals surface area (Å²) in [5.41, 5.74) is 4.16. The molecule has 0 bridgehead atoms. The number of nitrogens with one attached hydrogen (secondary N) is 1. The fourth-order valence-corrected chi connectivity index (χ4v) is 4.81. The van der Waals surface area contributed by atoms with Gasteiger partial charge < -0.3 is 14.0 Å². The van der Waals surface area contributed by atoms with Crippen LogP contribution in [0.25, 0.3) is 0 Å². The van der Waals surface area contributed by atoms with Crippen molar-refractivity contribution in [2.24, 2.45) is 0 Å². The number of hydrogen-bond donors (Lipinski definition) is 1. The molecule has 200 valence electrons. The number of halogens is 2. The van der Waals surface area contributed by atoms with E-state index in [-0.39, 0.29) is 9.64 Å².